The molecule has 0 fully saturated rings. The van der Waals surface area contributed by atoms with Gasteiger partial charge in [-0.1, -0.05) is 22.9 Å². The fraction of sp³-hybridized carbons (Fsp3) is 0.308. The lowest BCUT2D eigenvalue weighted by Crippen LogP contribution is -2.00. The zero-order chi connectivity index (χ0) is 12.5. The lowest BCUT2D eigenvalue weighted by Gasteiger charge is -2.13. The molecule has 3 rings (SSSR count). The van der Waals surface area contributed by atoms with Gasteiger partial charge < -0.3 is 14.5 Å². The number of ether oxygens (including phenoxy) is 2. The van der Waals surface area contributed by atoms with Gasteiger partial charge in [0, 0.05) is 10.7 Å². The van der Waals surface area contributed by atoms with Crippen molar-refractivity contribution < 1.29 is 9.47 Å². The first-order chi connectivity index (χ1) is 8.74. The first-order valence-electron chi connectivity index (χ1n) is 5.80. The van der Waals surface area contributed by atoms with Gasteiger partial charge in [0.25, 0.3) is 0 Å². The Hall–Kier alpha value is -1.49. The summed E-state index contributed by atoms with van der Waals surface area (Å²) in [5.41, 5.74) is 2.27. The number of nitrogens with one attached hydrogen (secondary N) is 1. The summed E-state index contributed by atoms with van der Waals surface area (Å²) in [6, 6.07) is 4.02. The molecule has 0 aliphatic carbocycles. The van der Waals surface area contributed by atoms with Crippen LogP contribution in [-0.2, 0) is 6.42 Å². The molecule has 4 nitrogen and oxygen atoms in total. The van der Waals surface area contributed by atoms with E-state index in [1.54, 1.807) is 6.33 Å². The second kappa shape index (κ2) is 4.65. The van der Waals surface area contributed by atoms with E-state index >= 15 is 0 Å². The highest BCUT2D eigenvalue weighted by Gasteiger charge is 2.19. The molecule has 1 aliphatic rings. The number of rotatable bonds is 3. The van der Waals surface area contributed by atoms with Crippen molar-refractivity contribution in [2.45, 2.75) is 19.3 Å². The molecule has 2 aromatic rings. The maximum Gasteiger partial charge on any atom is 0.231 e. The highest BCUT2D eigenvalue weighted by molar-refractivity contribution is 9.10. The van der Waals surface area contributed by atoms with Crippen LogP contribution in [0.15, 0.2) is 29.1 Å². The van der Waals surface area contributed by atoms with Crippen LogP contribution < -0.4 is 9.47 Å². The number of imidazole rings is 1. The predicted octanol–water partition coefficient (Wildman–Crippen LogP) is 3.25. The molecule has 1 unspecified atom stereocenters. The van der Waals surface area contributed by atoms with E-state index in [0.717, 1.165) is 28.1 Å². The van der Waals surface area contributed by atoms with Gasteiger partial charge in [0.15, 0.2) is 11.5 Å². The highest BCUT2D eigenvalue weighted by atomic mass is 79.9. The van der Waals surface area contributed by atoms with Crippen molar-refractivity contribution in [3.05, 3.63) is 40.4 Å². The van der Waals surface area contributed by atoms with Crippen LogP contribution in [0.1, 0.15) is 24.1 Å². The molecule has 0 saturated carbocycles. The standard InChI is InChI=1S/C13H13BrN2O2/c1-8(2-9-5-15-6-16-9)10-3-12-13(4-11(10)14)18-7-17-12/h3-6,8H,2,7H2,1H3,(H,15,16). The molecule has 0 saturated heterocycles. The summed E-state index contributed by atoms with van der Waals surface area (Å²) in [4.78, 5) is 7.23. The zero-order valence-corrected chi connectivity index (χ0v) is 11.5. The third-order valence-corrected chi connectivity index (χ3v) is 3.78. The summed E-state index contributed by atoms with van der Waals surface area (Å²) in [6.07, 6.45) is 4.52. The first kappa shape index (κ1) is 11.6. The van der Waals surface area contributed by atoms with E-state index in [9.17, 15) is 0 Å². The molecule has 18 heavy (non-hydrogen) atoms. The number of benzene rings is 1. The Morgan fingerprint density at radius 1 is 1.39 bits per heavy atom. The number of hydrogen-bond donors (Lipinski definition) is 1. The Labute approximate surface area is 113 Å². The molecular weight excluding hydrogens is 296 g/mol. The average Bonchev–Trinajstić information content (AvgIpc) is 2.98. The van der Waals surface area contributed by atoms with Crippen molar-refractivity contribution >= 4 is 15.9 Å². The Bertz CT molecular complexity index is 554. The molecule has 0 radical (unpaired) electrons. The van der Waals surface area contributed by atoms with Crippen molar-refractivity contribution in [3.8, 4) is 11.5 Å². The van der Waals surface area contributed by atoms with Gasteiger partial charge in [0.2, 0.25) is 6.79 Å². The zero-order valence-electron chi connectivity index (χ0n) is 9.94. The topological polar surface area (TPSA) is 47.1 Å². The molecule has 1 aliphatic heterocycles. The number of aromatic amines is 1. The average molecular weight is 309 g/mol. The Morgan fingerprint density at radius 2 is 2.17 bits per heavy atom. The molecule has 1 aromatic carbocycles. The molecule has 0 bridgehead atoms. The van der Waals surface area contributed by atoms with E-state index in [1.165, 1.54) is 5.56 Å². The summed E-state index contributed by atoms with van der Waals surface area (Å²) in [6.45, 7) is 2.48. The van der Waals surface area contributed by atoms with Gasteiger partial charge >= 0.3 is 0 Å². The van der Waals surface area contributed by atoms with E-state index in [0.29, 0.717) is 12.7 Å². The van der Waals surface area contributed by atoms with Crippen LogP contribution in [0.25, 0.3) is 0 Å². The maximum atomic E-state index is 5.41. The van der Waals surface area contributed by atoms with E-state index in [2.05, 4.69) is 32.8 Å². The van der Waals surface area contributed by atoms with Gasteiger partial charge in [0.05, 0.1) is 12.0 Å². The molecule has 2 heterocycles. The van der Waals surface area contributed by atoms with Crippen molar-refractivity contribution in [2.75, 3.05) is 6.79 Å². The van der Waals surface area contributed by atoms with Gasteiger partial charge in [-0.15, -0.1) is 0 Å². The summed E-state index contributed by atoms with van der Waals surface area (Å²) >= 11 is 3.59. The molecule has 0 spiro atoms. The van der Waals surface area contributed by atoms with Crippen LogP contribution in [0, 0.1) is 0 Å². The van der Waals surface area contributed by atoms with Crippen molar-refractivity contribution in [2.24, 2.45) is 0 Å². The predicted molar refractivity (Wildman–Crippen MR) is 71.0 cm³/mol. The first-order valence-corrected chi connectivity index (χ1v) is 6.60. The summed E-state index contributed by atoms with van der Waals surface area (Å²) in [5.74, 6) is 1.98. The highest BCUT2D eigenvalue weighted by Crippen LogP contribution is 2.39. The van der Waals surface area contributed by atoms with Crippen LogP contribution in [0.2, 0.25) is 0 Å². The molecule has 1 aromatic heterocycles. The lowest BCUT2D eigenvalue weighted by atomic mass is 9.96. The number of halogens is 1. The van der Waals surface area contributed by atoms with Crippen molar-refractivity contribution in [1.82, 2.24) is 9.97 Å². The molecule has 1 atom stereocenters. The number of H-pyrrole nitrogens is 1. The Kier molecular flexibility index (Phi) is 2.99. The molecule has 94 valence electrons. The molecule has 1 N–H and O–H groups in total. The Morgan fingerprint density at radius 3 is 2.89 bits per heavy atom. The number of fused-ring (bicyclic) bond motifs is 1. The van der Waals surface area contributed by atoms with E-state index < -0.39 is 0 Å². The van der Waals surface area contributed by atoms with Gasteiger partial charge in [0.1, 0.15) is 0 Å². The lowest BCUT2D eigenvalue weighted by molar-refractivity contribution is 0.174. The van der Waals surface area contributed by atoms with Gasteiger partial charge in [-0.3, -0.25) is 0 Å². The third kappa shape index (κ3) is 2.10. The summed E-state index contributed by atoms with van der Waals surface area (Å²) < 4.78 is 11.8. The minimum absolute atomic E-state index is 0.305. The molecule has 0 amide bonds. The molecular formula is C13H13BrN2O2. The quantitative estimate of drug-likeness (QED) is 0.947. The number of nitrogens with zero attached hydrogens (tertiary/aromatic N) is 1. The van der Waals surface area contributed by atoms with Crippen LogP contribution in [0.3, 0.4) is 0 Å². The van der Waals surface area contributed by atoms with Crippen LogP contribution >= 0.6 is 15.9 Å². The SMILES string of the molecule is CC(Cc1c[nH]cn1)c1cc2c(cc1Br)OCO2. The minimum Gasteiger partial charge on any atom is -0.454 e. The van der Waals surface area contributed by atoms with Gasteiger partial charge in [-0.25, -0.2) is 4.98 Å². The normalized spacial score (nSPS) is 14.8. The van der Waals surface area contributed by atoms with E-state index in [-0.39, 0.29) is 0 Å². The maximum absolute atomic E-state index is 5.41. The van der Waals surface area contributed by atoms with Crippen LogP contribution in [0.5, 0.6) is 11.5 Å². The second-order valence-electron chi connectivity index (χ2n) is 4.39. The van der Waals surface area contributed by atoms with Gasteiger partial charge in [-0.05, 0) is 30.0 Å². The van der Waals surface area contributed by atoms with Gasteiger partial charge in [-0.2, -0.15) is 0 Å². The fourth-order valence-electron chi connectivity index (χ4n) is 2.14. The van der Waals surface area contributed by atoms with Crippen molar-refractivity contribution in [3.63, 3.8) is 0 Å². The van der Waals surface area contributed by atoms with E-state index in [1.807, 2.05) is 18.3 Å². The van der Waals surface area contributed by atoms with Crippen LogP contribution in [-0.4, -0.2) is 16.8 Å². The fourth-order valence-corrected chi connectivity index (χ4v) is 2.85. The monoisotopic (exact) mass is 308 g/mol. The number of aromatic nitrogens is 2. The summed E-state index contributed by atoms with van der Waals surface area (Å²) in [7, 11) is 0. The van der Waals surface area contributed by atoms with E-state index in [4.69, 9.17) is 9.47 Å². The smallest absolute Gasteiger partial charge is 0.231 e. The molecule has 5 heteroatoms. The van der Waals surface area contributed by atoms with Crippen molar-refractivity contribution in [1.29, 1.82) is 0 Å². The minimum atomic E-state index is 0.305. The van der Waals surface area contributed by atoms with Crippen LogP contribution in [0.4, 0.5) is 0 Å². The number of hydrogen-bond acceptors (Lipinski definition) is 3. The second-order valence-corrected chi connectivity index (χ2v) is 5.25. The summed E-state index contributed by atoms with van der Waals surface area (Å²) in [5, 5.41) is 0. The third-order valence-electron chi connectivity index (χ3n) is 3.09. The largest absolute Gasteiger partial charge is 0.454 e. The Balaban J connectivity index is 1.87.